The van der Waals surface area contributed by atoms with Crippen LogP contribution in [0.25, 0.3) is 0 Å². The van der Waals surface area contributed by atoms with Crippen molar-refractivity contribution in [2.45, 2.75) is 25.2 Å². The van der Waals surface area contributed by atoms with E-state index < -0.39 is 23.1 Å². The van der Waals surface area contributed by atoms with E-state index in [9.17, 15) is 13.2 Å². The predicted molar refractivity (Wildman–Crippen MR) is 83.8 cm³/mol. The van der Waals surface area contributed by atoms with Crippen LogP contribution < -0.4 is 10.6 Å². The van der Waals surface area contributed by atoms with Crippen molar-refractivity contribution in [1.82, 2.24) is 9.97 Å². The molecule has 0 spiro atoms. The van der Waals surface area contributed by atoms with E-state index >= 15 is 0 Å². The fourth-order valence-corrected chi connectivity index (χ4v) is 2.25. The van der Waals surface area contributed by atoms with Crippen molar-refractivity contribution in [3.63, 3.8) is 0 Å². The van der Waals surface area contributed by atoms with E-state index in [1.54, 1.807) is 6.07 Å². The molecule has 0 bridgehead atoms. The Balaban J connectivity index is 1.88. The summed E-state index contributed by atoms with van der Waals surface area (Å²) in [5.41, 5.74) is 0.174. The maximum atomic E-state index is 13.8. The zero-order chi connectivity index (χ0) is 17.1. The van der Waals surface area contributed by atoms with Crippen molar-refractivity contribution in [2.75, 3.05) is 23.8 Å². The lowest BCUT2D eigenvalue weighted by Crippen LogP contribution is -2.10. The van der Waals surface area contributed by atoms with E-state index in [0.717, 1.165) is 30.7 Å². The summed E-state index contributed by atoms with van der Waals surface area (Å²) < 4.78 is 40.9. The average Bonchev–Trinajstić information content (AvgIpc) is 3.40. The number of aliphatic hydroxyl groups excluding tert-OH is 1. The molecule has 3 N–H and O–H groups in total. The molecule has 1 aliphatic rings. The molecule has 0 unspecified atom stereocenters. The van der Waals surface area contributed by atoms with Crippen LogP contribution in [0.3, 0.4) is 0 Å². The number of nitrogens with zero attached hydrogens (tertiary/aromatic N) is 2. The Hall–Kier alpha value is -2.35. The van der Waals surface area contributed by atoms with Crippen LogP contribution in [0.1, 0.15) is 30.9 Å². The number of nitrogens with one attached hydrogen (secondary N) is 2. The summed E-state index contributed by atoms with van der Waals surface area (Å²) >= 11 is 0. The Morgan fingerprint density at radius 3 is 2.58 bits per heavy atom. The van der Waals surface area contributed by atoms with E-state index in [0.29, 0.717) is 24.8 Å². The zero-order valence-electron chi connectivity index (χ0n) is 12.8. The molecule has 128 valence electrons. The van der Waals surface area contributed by atoms with Gasteiger partial charge < -0.3 is 15.7 Å². The summed E-state index contributed by atoms with van der Waals surface area (Å²) in [6, 6.07) is 3.19. The van der Waals surface area contributed by atoms with Gasteiger partial charge in [0, 0.05) is 25.1 Å². The molecule has 3 rings (SSSR count). The van der Waals surface area contributed by atoms with Crippen LogP contribution in [0.5, 0.6) is 0 Å². The SMILES string of the molecule is OCCCNc1nc(Nc2c(F)ccc(F)c2F)cc(C2CC2)n1. The van der Waals surface area contributed by atoms with E-state index in [1.807, 2.05) is 0 Å². The van der Waals surface area contributed by atoms with E-state index in [4.69, 9.17) is 5.11 Å². The number of hydrogen-bond donors (Lipinski definition) is 3. The molecule has 2 aromatic rings. The standard InChI is InChI=1S/C16H17F3N4O/c17-10-4-5-11(18)15(14(10)19)22-13-8-12(9-2-3-9)21-16(23-13)20-6-1-7-24/h4-5,8-9,24H,1-3,6-7H2,(H2,20,21,22,23). The summed E-state index contributed by atoms with van der Waals surface area (Å²) in [6.45, 7) is 0.493. The first-order valence-electron chi connectivity index (χ1n) is 7.72. The van der Waals surface area contributed by atoms with Gasteiger partial charge in [-0.15, -0.1) is 0 Å². The van der Waals surface area contributed by atoms with Gasteiger partial charge in [-0.2, -0.15) is 4.98 Å². The molecule has 5 nitrogen and oxygen atoms in total. The number of benzene rings is 1. The average molecular weight is 338 g/mol. The lowest BCUT2D eigenvalue weighted by atomic mass is 10.2. The number of anilines is 3. The summed E-state index contributed by atoms with van der Waals surface area (Å²) in [6.07, 6.45) is 2.51. The van der Waals surface area contributed by atoms with Gasteiger partial charge >= 0.3 is 0 Å². The Morgan fingerprint density at radius 2 is 1.88 bits per heavy atom. The Labute approximate surface area is 137 Å². The predicted octanol–water partition coefficient (Wildman–Crippen LogP) is 3.31. The summed E-state index contributed by atoms with van der Waals surface area (Å²) in [4.78, 5) is 8.52. The number of aromatic nitrogens is 2. The third kappa shape index (κ3) is 3.76. The first-order valence-corrected chi connectivity index (χ1v) is 7.72. The van der Waals surface area contributed by atoms with Crippen molar-refractivity contribution >= 4 is 17.5 Å². The van der Waals surface area contributed by atoms with Crippen LogP contribution >= 0.6 is 0 Å². The van der Waals surface area contributed by atoms with Crippen LogP contribution in [0, 0.1) is 17.5 Å². The monoisotopic (exact) mass is 338 g/mol. The first-order chi connectivity index (χ1) is 11.6. The van der Waals surface area contributed by atoms with Gasteiger partial charge in [0.05, 0.1) is 5.69 Å². The lowest BCUT2D eigenvalue weighted by Gasteiger charge is -2.12. The van der Waals surface area contributed by atoms with Crippen LogP contribution in [0.2, 0.25) is 0 Å². The molecular formula is C16H17F3N4O. The van der Waals surface area contributed by atoms with Gasteiger partial charge in [-0.05, 0) is 31.4 Å². The van der Waals surface area contributed by atoms with E-state index in [1.165, 1.54) is 0 Å². The van der Waals surface area contributed by atoms with Crippen LogP contribution in [-0.2, 0) is 0 Å². The molecule has 0 atom stereocenters. The number of rotatable bonds is 7. The number of halogens is 3. The van der Waals surface area contributed by atoms with Crippen molar-refractivity contribution in [3.8, 4) is 0 Å². The highest BCUT2D eigenvalue weighted by Crippen LogP contribution is 2.40. The smallest absolute Gasteiger partial charge is 0.224 e. The van der Waals surface area contributed by atoms with E-state index in [-0.39, 0.29) is 12.4 Å². The van der Waals surface area contributed by atoms with Crippen molar-refractivity contribution < 1.29 is 18.3 Å². The molecule has 1 saturated carbocycles. The van der Waals surface area contributed by atoms with Gasteiger partial charge in [0.25, 0.3) is 0 Å². The molecule has 0 radical (unpaired) electrons. The molecule has 24 heavy (non-hydrogen) atoms. The second-order valence-electron chi connectivity index (χ2n) is 5.62. The molecule has 0 saturated heterocycles. The molecule has 1 aromatic carbocycles. The van der Waals surface area contributed by atoms with Crippen LogP contribution in [-0.4, -0.2) is 28.2 Å². The molecular weight excluding hydrogens is 321 g/mol. The quantitative estimate of drug-likeness (QED) is 0.534. The normalized spacial score (nSPS) is 13.8. The lowest BCUT2D eigenvalue weighted by molar-refractivity contribution is 0.292. The summed E-state index contributed by atoms with van der Waals surface area (Å²) in [5.74, 6) is -2.56. The van der Waals surface area contributed by atoms with Gasteiger partial charge in [0.1, 0.15) is 17.3 Å². The Bertz CT molecular complexity index is 738. The molecule has 1 fully saturated rings. The second kappa shape index (κ2) is 7.04. The number of aliphatic hydroxyl groups is 1. The van der Waals surface area contributed by atoms with Gasteiger partial charge in [-0.1, -0.05) is 0 Å². The topological polar surface area (TPSA) is 70.1 Å². The Morgan fingerprint density at radius 1 is 1.12 bits per heavy atom. The van der Waals surface area contributed by atoms with Gasteiger partial charge in [0.2, 0.25) is 5.95 Å². The van der Waals surface area contributed by atoms with Gasteiger partial charge in [0.15, 0.2) is 11.6 Å². The molecule has 0 aliphatic heterocycles. The Kier molecular flexibility index (Phi) is 4.84. The highest BCUT2D eigenvalue weighted by atomic mass is 19.2. The third-order valence-electron chi connectivity index (χ3n) is 3.66. The minimum atomic E-state index is -1.30. The minimum Gasteiger partial charge on any atom is -0.396 e. The fourth-order valence-electron chi connectivity index (χ4n) is 2.25. The van der Waals surface area contributed by atoms with Crippen LogP contribution in [0.4, 0.5) is 30.6 Å². The zero-order valence-corrected chi connectivity index (χ0v) is 12.8. The summed E-state index contributed by atoms with van der Waals surface area (Å²) in [7, 11) is 0. The molecule has 1 aliphatic carbocycles. The molecule has 8 heteroatoms. The second-order valence-corrected chi connectivity index (χ2v) is 5.62. The van der Waals surface area contributed by atoms with Crippen molar-refractivity contribution in [3.05, 3.63) is 41.3 Å². The van der Waals surface area contributed by atoms with Crippen molar-refractivity contribution in [1.29, 1.82) is 0 Å². The summed E-state index contributed by atoms with van der Waals surface area (Å²) in [5, 5.41) is 14.3. The maximum absolute atomic E-state index is 13.8. The van der Waals surface area contributed by atoms with Gasteiger partial charge in [-0.25, -0.2) is 18.2 Å². The van der Waals surface area contributed by atoms with Crippen LogP contribution in [0.15, 0.2) is 18.2 Å². The molecule has 1 aromatic heterocycles. The highest BCUT2D eigenvalue weighted by molar-refractivity contribution is 5.59. The third-order valence-corrected chi connectivity index (χ3v) is 3.66. The molecule has 0 amide bonds. The van der Waals surface area contributed by atoms with Gasteiger partial charge in [-0.3, -0.25) is 0 Å². The van der Waals surface area contributed by atoms with Crippen molar-refractivity contribution in [2.24, 2.45) is 0 Å². The molecule has 1 heterocycles. The highest BCUT2D eigenvalue weighted by Gasteiger charge is 2.26. The van der Waals surface area contributed by atoms with E-state index in [2.05, 4.69) is 20.6 Å². The largest absolute Gasteiger partial charge is 0.396 e. The first kappa shape index (κ1) is 16.5. The number of hydrogen-bond acceptors (Lipinski definition) is 5. The minimum absolute atomic E-state index is 0.0279. The maximum Gasteiger partial charge on any atom is 0.224 e. The fraction of sp³-hybridized carbons (Fsp3) is 0.375.